The monoisotopic (exact) mass is 308 g/mol. The number of hydrogen-bond donors (Lipinski definition) is 3. The first-order chi connectivity index (χ1) is 9.61. The van der Waals surface area contributed by atoms with E-state index < -0.39 is 35.5 Å². The number of aliphatic carboxylic acids is 1. The maximum atomic E-state index is 13.0. The molecule has 116 valence electrons. The summed E-state index contributed by atoms with van der Waals surface area (Å²) in [4.78, 5) is 21.9. The third kappa shape index (κ3) is 5.03. The second-order valence-corrected chi connectivity index (χ2v) is 4.22. The van der Waals surface area contributed by atoms with Crippen molar-refractivity contribution in [3.05, 3.63) is 29.6 Å². The maximum Gasteiger partial charge on any atom is 0.419 e. The average molecular weight is 308 g/mol. The van der Waals surface area contributed by atoms with E-state index >= 15 is 0 Å². The zero-order chi connectivity index (χ0) is 16.2. The number of benzene rings is 1. The average Bonchev–Trinajstić information content (AvgIpc) is 2.36. The van der Waals surface area contributed by atoms with Gasteiger partial charge in [-0.25, -0.2) is 4.39 Å². The number of alkyl halides is 3. The number of amides is 1. The highest BCUT2D eigenvalue weighted by molar-refractivity contribution is 5.94. The smallest absolute Gasteiger partial charge is 0.419 e. The molecule has 0 saturated carbocycles. The van der Waals surface area contributed by atoms with Crippen LogP contribution >= 0.6 is 0 Å². The number of carbonyl (C=O) groups excluding carboxylic acids is 1. The van der Waals surface area contributed by atoms with Gasteiger partial charge in [0.25, 0.3) is 0 Å². The van der Waals surface area contributed by atoms with Crippen LogP contribution in [-0.4, -0.2) is 23.0 Å². The van der Waals surface area contributed by atoms with Crippen molar-refractivity contribution in [2.45, 2.75) is 25.1 Å². The molecule has 0 bridgehead atoms. The molecule has 1 rings (SSSR count). The van der Waals surface area contributed by atoms with Gasteiger partial charge < -0.3 is 16.2 Å². The highest BCUT2D eigenvalue weighted by Crippen LogP contribution is 2.32. The van der Waals surface area contributed by atoms with Crippen molar-refractivity contribution in [2.24, 2.45) is 5.73 Å². The van der Waals surface area contributed by atoms with Gasteiger partial charge in [0.15, 0.2) is 0 Å². The van der Waals surface area contributed by atoms with E-state index in [1.54, 1.807) is 0 Å². The first-order valence-corrected chi connectivity index (χ1v) is 5.76. The number of carboxylic acid groups (broad SMARTS) is 1. The number of anilines is 1. The molecule has 0 aliphatic carbocycles. The molecular formula is C12H12F4N2O3. The third-order valence-corrected chi connectivity index (χ3v) is 2.55. The van der Waals surface area contributed by atoms with Crippen LogP contribution in [-0.2, 0) is 15.8 Å². The van der Waals surface area contributed by atoms with Gasteiger partial charge in [-0.15, -0.1) is 0 Å². The predicted octanol–water partition coefficient (Wildman–Crippen LogP) is 1.98. The largest absolute Gasteiger partial charge is 0.481 e. The molecule has 4 N–H and O–H groups in total. The topological polar surface area (TPSA) is 92.4 Å². The third-order valence-electron chi connectivity index (χ3n) is 2.55. The van der Waals surface area contributed by atoms with Crippen LogP contribution in [0.3, 0.4) is 0 Å². The second-order valence-electron chi connectivity index (χ2n) is 4.22. The van der Waals surface area contributed by atoms with Gasteiger partial charge in [-0.05, 0) is 24.6 Å². The van der Waals surface area contributed by atoms with Crippen LogP contribution in [0.5, 0.6) is 0 Å². The first-order valence-electron chi connectivity index (χ1n) is 5.76. The lowest BCUT2D eigenvalue weighted by molar-refractivity contribution is -0.140. The van der Waals surface area contributed by atoms with Gasteiger partial charge in [0.2, 0.25) is 5.91 Å². The van der Waals surface area contributed by atoms with E-state index in [4.69, 9.17) is 10.8 Å². The highest BCUT2D eigenvalue weighted by atomic mass is 19.4. The molecule has 1 amide bonds. The summed E-state index contributed by atoms with van der Waals surface area (Å²) in [5, 5.41) is 10.5. The predicted molar refractivity (Wildman–Crippen MR) is 64.9 cm³/mol. The molecule has 0 radical (unpaired) electrons. The van der Waals surface area contributed by atoms with E-state index in [1.807, 2.05) is 0 Å². The van der Waals surface area contributed by atoms with E-state index in [0.717, 1.165) is 6.07 Å². The Kier molecular flexibility index (Phi) is 5.25. The van der Waals surface area contributed by atoms with Gasteiger partial charge in [0, 0.05) is 12.1 Å². The molecular weight excluding hydrogens is 296 g/mol. The number of rotatable bonds is 5. The SMILES string of the molecule is NC(CCC(=O)O)C(=O)Nc1ccc(F)c(C(F)(F)F)c1. The summed E-state index contributed by atoms with van der Waals surface area (Å²) in [6.45, 7) is 0. The number of nitrogens with one attached hydrogen (secondary N) is 1. The van der Waals surface area contributed by atoms with Crippen molar-refractivity contribution in [1.29, 1.82) is 0 Å². The van der Waals surface area contributed by atoms with E-state index in [2.05, 4.69) is 5.32 Å². The Morgan fingerprint density at radius 2 is 1.95 bits per heavy atom. The standard InChI is InChI=1S/C12H12F4N2O3/c13-8-2-1-6(5-7(8)12(14,15)16)18-11(21)9(17)3-4-10(19)20/h1-2,5,9H,3-4,17H2,(H,18,21)(H,19,20). The van der Waals surface area contributed by atoms with E-state index in [0.29, 0.717) is 12.1 Å². The Hall–Kier alpha value is -2.16. The van der Waals surface area contributed by atoms with Crippen molar-refractivity contribution in [3.63, 3.8) is 0 Å². The molecule has 9 heteroatoms. The Bertz CT molecular complexity index is 546. The molecule has 0 aliphatic rings. The molecule has 1 unspecified atom stereocenters. The summed E-state index contributed by atoms with van der Waals surface area (Å²) >= 11 is 0. The van der Waals surface area contributed by atoms with Crippen molar-refractivity contribution < 1.29 is 32.3 Å². The van der Waals surface area contributed by atoms with Gasteiger partial charge in [0.05, 0.1) is 11.6 Å². The number of nitrogens with two attached hydrogens (primary N) is 1. The van der Waals surface area contributed by atoms with E-state index in [9.17, 15) is 27.2 Å². The van der Waals surface area contributed by atoms with Crippen LogP contribution in [0.25, 0.3) is 0 Å². The summed E-state index contributed by atoms with van der Waals surface area (Å²) in [5.41, 5.74) is 3.60. The molecule has 21 heavy (non-hydrogen) atoms. The van der Waals surface area contributed by atoms with Crippen LogP contribution in [0.4, 0.5) is 23.2 Å². The number of hydrogen-bond acceptors (Lipinski definition) is 3. The Balaban J connectivity index is 2.79. The zero-order valence-corrected chi connectivity index (χ0v) is 10.6. The van der Waals surface area contributed by atoms with E-state index in [-0.39, 0.29) is 18.5 Å². The van der Waals surface area contributed by atoms with Crippen LogP contribution < -0.4 is 11.1 Å². The Morgan fingerprint density at radius 1 is 1.33 bits per heavy atom. The normalized spacial score (nSPS) is 12.8. The summed E-state index contributed by atoms with van der Waals surface area (Å²) < 4.78 is 50.5. The van der Waals surface area contributed by atoms with Gasteiger partial charge >= 0.3 is 12.1 Å². The molecule has 0 saturated heterocycles. The molecule has 0 spiro atoms. The van der Waals surface area contributed by atoms with Crippen LogP contribution in [0, 0.1) is 5.82 Å². The molecule has 1 atom stereocenters. The number of carbonyl (C=O) groups is 2. The lowest BCUT2D eigenvalue weighted by Crippen LogP contribution is -2.36. The van der Waals surface area contributed by atoms with Crippen molar-refractivity contribution >= 4 is 17.6 Å². The van der Waals surface area contributed by atoms with Gasteiger partial charge in [0.1, 0.15) is 5.82 Å². The highest BCUT2D eigenvalue weighted by Gasteiger charge is 2.34. The fraction of sp³-hybridized carbons (Fsp3) is 0.333. The molecule has 5 nitrogen and oxygen atoms in total. The fourth-order valence-corrected chi connectivity index (χ4v) is 1.47. The summed E-state index contributed by atoms with van der Waals surface area (Å²) in [6.07, 6.45) is -5.42. The maximum absolute atomic E-state index is 13.0. The molecule has 1 aromatic carbocycles. The lowest BCUT2D eigenvalue weighted by Gasteiger charge is -2.13. The molecule has 0 aliphatic heterocycles. The minimum Gasteiger partial charge on any atom is -0.481 e. The lowest BCUT2D eigenvalue weighted by atomic mass is 10.1. The van der Waals surface area contributed by atoms with Gasteiger partial charge in [-0.1, -0.05) is 0 Å². The van der Waals surface area contributed by atoms with Gasteiger partial charge in [-0.3, -0.25) is 9.59 Å². The van der Waals surface area contributed by atoms with Crippen LogP contribution in [0.1, 0.15) is 18.4 Å². The molecule has 1 aromatic rings. The first kappa shape index (κ1) is 16.9. The summed E-state index contributed by atoms with van der Waals surface area (Å²) in [7, 11) is 0. The van der Waals surface area contributed by atoms with Crippen LogP contribution in [0.2, 0.25) is 0 Å². The van der Waals surface area contributed by atoms with Crippen LogP contribution in [0.15, 0.2) is 18.2 Å². The molecule has 0 heterocycles. The van der Waals surface area contributed by atoms with Crippen molar-refractivity contribution in [1.82, 2.24) is 0 Å². The summed E-state index contributed by atoms with van der Waals surface area (Å²) in [6, 6.07) is 0.769. The van der Waals surface area contributed by atoms with E-state index in [1.165, 1.54) is 0 Å². The molecule has 0 fully saturated rings. The van der Waals surface area contributed by atoms with Gasteiger partial charge in [-0.2, -0.15) is 13.2 Å². The second kappa shape index (κ2) is 6.53. The quantitative estimate of drug-likeness (QED) is 0.725. The Morgan fingerprint density at radius 3 is 2.48 bits per heavy atom. The van der Waals surface area contributed by atoms with Crippen molar-refractivity contribution in [2.75, 3.05) is 5.32 Å². The van der Waals surface area contributed by atoms with Crippen molar-refractivity contribution in [3.8, 4) is 0 Å². The molecule has 0 aromatic heterocycles. The minimum atomic E-state index is -4.89. The summed E-state index contributed by atoms with van der Waals surface area (Å²) in [5.74, 6) is -3.47. The number of carboxylic acids is 1. The zero-order valence-electron chi connectivity index (χ0n) is 10.6. The fourth-order valence-electron chi connectivity index (χ4n) is 1.47. The minimum absolute atomic E-state index is 0.172. The Labute approximate surface area is 116 Å². The number of halogens is 4.